The van der Waals surface area contributed by atoms with E-state index in [2.05, 4.69) is 146 Å². The van der Waals surface area contributed by atoms with Crippen LogP contribution >= 0.6 is 0 Å². The molecule has 12 rings (SSSR count). The van der Waals surface area contributed by atoms with E-state index >= 15 is 0 Å². The summed E-state index contributed by atoms with van der Waals surface area (Å²) in [6.07, 6.45) is 8.38. The molecule has 0 radical (unpaired) electrons. The van der Waals surface area contributed by atoms with Crippen LogP contribution in [0.1, 0.15) is 28.2 Å². The fourth-order valence-corrected chi connectivity index (χ4v) is 9.33. The number of aryl methyl sites for hydroxylation is 2. The third-order valence-electron chi connectivity index (χ3n) is 12.0. The van der Waals surface area contributed by atoms with Gasteiger partial charge in [-0.3, -0.25) is 0 Å². The highest BCUT2D eigenvalue weighted by molar-refractivity contribution is 6.11. The van der Waals surface area contributed by atoms with Gasteiger partial charge in [-0.1, -0.05) is 140 Å². The lowest BCUT2D eigenvalue weighted by atomic mass is 9.79. The molecule has 58 heavy (non-hydrogen) atoms. The highest BCUT2D eigenvalue weighted by atomic mass is 16.5. The first kappa shape index (κ1) is 32.8. The molecule has 2 aromatic heterocycles. The van der Waals surface area contributed by atoms with Gasteiger partial charge in [0, 0.05) is 33.0 Å². The van der Waals surface area contributed by atoms with Crippen LogP contribution in [0.25, 0.3) is 83.9 Å². The number of ether oxygens (including phenoxy) is 1. The van der Waals surface area contributed by atoms with Crippen LogP contribution in [0.15, 0.2) is 180 Å². The molecule has 3 heterocycles. The number of nitrogens with zero attached hydrogens (tertiary/aromatic N) is 3. The van der Waals surface area contributed by atoms with Crippen LogP contribution in [-0.2, 0) is 12.8 Å². The largest absolute Gasteiger partial charge is 0.485 e. The number of fused-ring (bicyclic) bond motifs is 9. The summed E-state index contributed by atoms with van der Waals surface area (Å²) in [5.74, 6) is 2.78. The fourth-order valence-electron chi connectivity index (χ4n) is 9.33. The lowest BCUT2D eigenvalue weighted by Crippen LogP contribution is -2.19. The summed E-state index contributed by atoms with van der Waals surface area (Å²) in [5.41, 5.74) is 15.5. The molecule has 9 aromatic rings. The molecule has 2 unspecified atom stereocenters. The molecule has 274 valence electrons. The second-order valence-corrected chi connectivity index (χ2v) is 15.3. The zero-order chi connectivity index (χ0) is 38.2. The highest BCUT2D eigenvalue weighted by Crippen LogP contribution is 2.50. The fraction of sp³-hybridized carbons (Fsp3) is 0.0755. The zero-order valence-electron chi connectivity index (χ0n) is 31.5. The van der Waals surface area contributed by atoms with Crippen LogP contribution in [0, 0.1) is 0 Å². The molecule has 0 saturated heterocycles. The number of hydrogen-bond donors (Lipinski definition) is 0. The van der Waals surface area contributed by atoms with E-state index < -0.39 is 0 Å². The molecule has 2 atom stereocenters. The van der Waals surface area contributed by atoms with Crippen molar-refractivity contribution in [3.8, 4) is 62.2 Å². The topological polar surface area (TPSA) is 61.0 Å². The Morgan fingerprint density at radius 1 is 0.483 bits per heavy atom. The van der Waals surface area contributed by atoms with E-state index in [0.29, 0.717) is 17.5 Å². The van der Waals surface area contributed by atoms with Crippen molar-refractivity contribution < 1.29 is 9.15 Å². The number of benzene rings is 7. The SMILES string of the molecule is C1=CC2Oc3ccc(-c4ccccc4)cc3C2C(c2ccccc2-c2nc(-c3ccc4c(c3)CCc3ccccc3-4)nc(-c3cccc4oc5ccccc5c34)n2)=C1. The Kier molecular flexibility index (Phi) is 7.42. The maximum atomic E-state index is 6.61. The van der Waals surface area contributed by atoms with E-state index in [-0.39, 0.29) is 12.0 Å². The monoisotopic (exact) mass is 745 g/mol. The molecule has 3 aliphatic rings. The molecule has 0 spiro atoms. The Bertz CT molecular complexity index is 3180. The molecule has 0 fully saturated rings. The predicted molar refractivity (Wildman–Crippen MR) is 232 cm³/mol. The van der Waals surface area contributed by atoms with Crippen LogP contribution < -0.4 is 4.74 Å². The van der Waals surface area contributed by atoms with Gasteiger partial charge in [-0.15, -0.1) is 0 Å². The van der Waals surface area contributed by atoms with Crippen molar-refractivity contribution in [2.45, 2.75) is 24.9 Å². The Balaban J connectivity index is 1.04. The number of allylic oxidation sites excluding steroid dienone is 2. The molecule has 0 N–H and O–H groups in total. The molecule has 0 amide bonds. The molecule has 2 aliphatic carbocycles. The van der Waals surface area contributed by atoms with Crippen molar-refractivity contribution >= 4 is 27.5 Å². The first-order valence-electron chi connectivity index (χ1n) is 20.0. The van der Waals surface area contributed by atoms with Gasteiger partial charge in [-0.25, -0.2) is 15.0 Å². The molecule has 1 aliphatic heterocycles. The smallest absolute Gasteiger partial charge is 0.164 e. The first-order chi connectivity index (χ1) is 28.7. The molecule has 5 nitrogen and oxygen atoms in total. The standard InChI is InChI=1S/C53H35N3O2/c1-2-12-32(13-3-1)34-27-29-46-44(31-34)49-40(19-10-22-47(49)58-46)39-16-6-7-17-41(39)52-54-51(36-26-28-38-35(30-36)25-24-33-14-4-5-15-37(33)38)55-53(56-52)43-20-11-23-48-50(43)42-18-8-9-21-45(42)57-48/h1-23,26-31,47,49H,24-25H2. The third-order valence-corrected chi connectivity index (χ3v) is 12.0. The molecular formula is C53H35N3O2. The second-order valence-electron chi connectivity index (χ2n) is 15.3. The molecule has 7 aromatic carbocycles. The minimum absolute atomic E-state index is 0.000145. The Hall–Kier alpha value is -7.37. The van der Waals surface area contributed by atoms with Crippen LogP contribution in [0.4, 0.5) is 0 Å². The van der Waals surface area contributed by atoms with E-state index in [4.69, 9.17) is 24.1 Å². The average Bonchev–Trinajstić information content (AvgIpc) is 3.87. The number of rotatable bonds is 5. The Labute approximate surface area is 335 Å². The van der Waals surface area contributed by atoms with Crippen molar-refractivity contribution in [2.75, 3.05) is 0 Å². The molecule has 0 saturated carbocycles. The van der Waals surface area contributed by atoms with E-state index in [0.717, 1.165) is 62.8 Å². The molecular weight excluding hydrogens is 711 g/mol. The number of aromatic nitrogens is 3. The summed E-state index contributed by atoms with van der Waals surface area (Å²) in [7, 11) is 0. The van der Waals surface area contributed by atoms with Crippen LogP contribution in [0.5, 0.6) is 5.75 Å². The summed E-state index contributed by atoms with van der Waals surface area (Å²) in [5, 5.41) is 2.03. The van der Waals surface area contributed by atoms with Gasteiger partial charge in [0.25, 0.3) is 0 Å². The van der Waals surface area contributed by atoms with Crippen LogP contribution in [0.3, 0.4) is 0 Å². The summed E-state index contributed by atoms with van der Waals surface area (Å²) >= 11 is 0. The number of hydrogen-bond acceptors (Lipinski definition) is 5. The molecule has 0 bridgehead atoms. The van der Waals surface area contributed by atoms with Gasteiger partial charge in [0.05, 0.1) is 5.92 Å². The first-order valence-corrected chi connectivity index (χ1v) is 20.0. The molecule has 5 heteroatoms. The van der Waals surface area contributed by atoms with Gasteiger partial charge in [0.2, 0.25) is 0 Å². The Morgan fingerprint density at radius 3 is 2.09 bits per heavy atom. The third kappa shape index (κ3) is 5.27. The van der Waals surface area contributed by atoms with Crippen molar-refractivity contribution in [2.24, 2.45) is 0 Å². The van der Waals surface area contributed by atoms with Crippen LogP contribution in [-0.4, -0.2) is 21.1 Å². The summed E-state index contributed by atoms with van der Waals surface area (Å²) in [4.78, 5) is 16.0. The van der Waals surface area contributed by atoms with Crippen molar-refractivity contribution in [3.05, 3.63) is 198 Å². The van der Waals surface area contributed by atoms with Crippen molar-refractivity contribution in [1.82, 2.24) is 15.0 Å². The zero-order valence-corrected chi connectivity index (χ0v) is 31.5. The minimum Gasteiger partial charge on any atom is -0.485 e. The predicted octanol–water partition coefficient (Wildman–Crippen LogP) is 12.7. The van der Waals surface area contributed by atoms with E-state index in [1.54, 1.807) is 0 Å². The van der Waals surface area contributed by atoms with Gasteiger partial charge in [-0.2, -0.15) is 0 Å². The summed E-state index contributed by atoms with van der Waals surface area (Å²) in [6.45, 7) is 0. The van der Waals surface area contributed by atoms with Gasteiger partial charge in [-0.05, 0) is 93.8 Å². The minimum atomic E-state index is -0.119. The lowest BCUT2D eigenvalue weighted by molar-refractivity contribution is 0.271. The van der Waals surface area contributed by atoms with Crippen LogP contribution in [0.2, 0.25) is 0 Å². The van der Waals surface area contributed by atoms with Crippen molar-refractivity contribution in [3.63, 3.8) is 0 Å². The number of furan rings is 1. The summed E-state index contributed by atoms with van der Waals surface area (Å²) in [6, 6.07) is 55.4. The number of para-hydroxylation sites is 1. The van der Waals surface area contributed by atoms with Crippen molar-refractivity contribution in [1.29, 1.82) is 0 Å². The maximum Gasteiger partial charge on any atom is 0.164 e. The Morgan fingerprint density at radius 2 is 1.17 bits per heavy atom. The van der Waals surface area contributed by atoms with Gasteiger partial charge in [0.15, 0.2) is 17.5 Å². The summed E-state index contributed by atoms with van der Waals surface area (Å²) < 4.78 is 13.0. The second kappa shape index (κ2) is 13.1. The highest BCUT2D eigenvalue weighted by Gasteiger charge is 2.38. The van der Waals surface area contributed by atoms with Gasteiger partial charge < -0.3 is 9.15 Å². The maximum absolute atomic E-state index is 6.61. The average molecular weight is 746 g/mol. The normalized spacial score (nSPS) is 16.3. The lowest BCUT2D eigenvalue weighted by Gasteiger charge is -2.24. The quantitative estimate of drug-likeness (QED) is 0.176. The van der Waals surface area contributed by atoms with Gasteiger partial charge >= 0.3 is 0 Å². The van der Waals surface area contributed by atoms with E-state index in [1.165, 1.54) is 44.5 Å². The van der Waals surface area contributed by atoms with E-state index in [9.17, 15) is 0 Å². The van der Waals surface area contributed by atoms with Gasteiger partial charge in [0.1, 0.15) is 23.0 Å². The van der Waals surface area contributed by atoms with E-state index in [1.807, 2.05) is 30.3 Å².